The summed E-state index contributed by atoms with van der Waals surface area (Å²) in [7, 11) is 0. The molecule has 0 saturated heterocycles. The molecule has 0 aliphatic heterocycles. The highest BCUT2D eigenvalue weighted by molar-refractivity contribution is 5.96. The Hall–Kier alpha value is -2.82. The van der Waals surface area contributed by atoms with Gasteiger partial charge in [0.1, 0.15) is 18.1 Å². The van der Waals surface area contributed by atoms with Gasteiger partial charge in [-0.25, -0.2) is 4.79 Å². The Labute approximate surface area is 134 Å². The van der Waals surface area contributed by atoms with E-state index < -0.39 is 5.97 Å². The summed E-state index contributed by atoms with van der Waals surface area (Å²) >= 11 is 0. The van der Waals surface area contributed by atoms with Gasteiger partial charge in [-0.15, -0.1) is 0 Å². The number of phenols is 1. The third-order valence-electron chi connectivity index (χ3n) is 3.49. The van der Waals surface area contributed by atoms with Gasteiger partial charge in [-0.2, -0.15) is 0 Å². The third kappa shape index (κ3) is 3.88. The zero-order valence-electron chi connectivity index (χ0n) is 13.0. The molecule has 0 radical (unpaired) electrons. The fourth-order valence-corrected chi connectivity index (χ4v) is 2.39. The van der Waals surface area contributed by atoms with Gasteiger partial charge in [-0.1, -0.05) is 19.1 Å². The van der Waals surface area contributed by atoms with Crippen molar-refractivity contribution in [2.24, 2.45) is 0 Å². The van der Waals surface area contributed by atoms with Gasteiger partial charge < -0.3 is 14.9 Å². The average Bonchev–Trinajstić information content (AvgIpc) is 2.52. The number of carbonyl (C=O) groups excluding carboxylic acids is 1. The van der Waals surface area contributed by atoms with E-state index in [4.69, 9.17) is 9.84 Å². The smallest absolute Gasteiger partial charge is 0.335 e. The van der Waals surface area contributed by atoms with Crippen molar-refractivity contribution in [3.8, 4) is 11.5 Å². The number of benzene rings is 2. The highest BCUT2D eigenvalue weighted by Gasteiger charge is 2.14. The topological polar surface area (TPSA) is 83.8 Å². The fraction of sp³-hybridized carbons (Fsp3) is 0.222. The Kier molecular flexibility index (Phi) is 5.01. The van der Waals surface area contributed by atoms with Crippen molar-refractivity contribution in [1.29, 1.82) is 0 Å². The van der Waals surface area contributed by atoms with Crippen LogP contribution in [0.25, 0.3) is 0 Å². The van der Waals surface area contributed by atoms with Crippen LogP contribution in [0.5, 0.6) is 11.5 Å². The maximum Gasteiger partial charge on any atom is 0.335 e. The number of ketones is 1. The normalized spacial score (nSPS) is 10.3. The molecule has 2 N–H and O–H groups in total. The Morgan fingerprint density at radius 2 is 1.91 bits per heavy atom. The largest absolute Gasteiger partial charge is 0.508 e. The average molecular weight is 314 g/mol. The molecule has 2 aromatic carbocycles. The molecule has 0 aliphatic carbocycles. The number of carboxylic acid groups (broad SMARTS) is 1. The first-order valence-corrected chi connectivity index (χ1v) is 7.24. The van der Waals surface area contributed by atoms with E-state index in [0.29, 0.717) is 23.3 Å². The Morgan fingerprint density at radius 1 is 1.17 bits per heavy atom. The van der Waals surface area contributed by atoms with Gasteiger partial charge >= 0.3 is 5.97 Å². The number of hydrogen-bond acceptors (Lipinski definition) is 4. The first-order valence-electron chi connectivity index (χ1n) is 7.24. The van der Waals surface area contributed by atoms with Crippen LogP contribution in [0.1, 0.15) is 45.7 Å². The summed E-state index contributed by atoms with van der Waals surface area (Å²) in [5.74, 6) is -0.757. The van der Waals surface area contributed by atoms with Crippen molar-refractivity contribution in [2.75, 3.05) is 0 Å². The van der Waals surface area contributed by atoms with E-state index in [1.807, 2.05) is 6.92 Å². The molecule has 2 aromatic rings. The van der Waals surface area contributed by atoms with Crippen LogP contribution >= 0.6 is 0 Å². The van der Waals surface area contributed by atoms with Crippen molar-refractivity contribution in [3.63, 3.8) is 0 Å². The SMILES string of the molecule is CCc1c(OCc2cccc(C(=O)O)c2)cc(O)cc1C(C)=O. The molecule has 0 aromatic heterocycles. The number of hydrogen-bond donors (Lipinski definition) is 2. The molecule has 0 heterocycles. The summed E-state index contributed by atoms with van der Waals surface area (Å²) in [6.45, 7) is 3.49. The summed E-state index contributed by atoms with van der Waals surface area (Å²) in [6.07, 6.45) is 0.583. The van der Waals surface area contributed by atoms with Crippen LogP contribution in [-0.4, -0.2) is 22.0 Å². The second-order valence-corrected chi connectivity index (χ2v) is 5.17. The maximum absolute atomic E-state index is 11.7. The molecule has 2 rings (SSSR count). The third-order valence-corrected chi connectivity index (χ3v) is 3.49. The minimum Gasteiger partial charge on any atom is -0.508 e. The lowest BCUT2D eigenvalue weighted by Crippen LogP contribution is -2.05. The van der Waals surface area contributed by atoms with E-state index in [1.54, 1.807) is 12.1 Å². The van der Waals surface area contributed by atoms with Gasteiger partial charge in [0.25, 0.3) is 0 Å². The molecule has 0 spiro atoms. The number of ether oxygens (including phenoxy) is 1. The lowest BCUT2D eigenvalue weighted by atomic mass is 10.0. The van der Waals surface area contributed by atoms with Crippen molar-refractivity contribution in [3.05, 3.63) is 58.7 Å². The van der Waals surface area contributed by atoms with Gasteiger partial charge in [0.05, 0.1) is 5.56 Å². The van der Waals surface area contributed by atoms with Crippen molar-refractivity contribution < 1.29 is 24.5 Å². The summed E-state index contributed by atoms with van der Waals surface area (Å²) in [5.41, 5.74) is 2.04. The molecular formula is C18H18O5. The van der Waals surface area contributed by atoms with Crippen LogP contribution < -0.4 is 4.74 Å². The van der Waals surface area contributed by atoms with Crippen LogP contribution in [0.3, 0.4) is 0 Å². The van der Waals surface area contributed by atoms with Crippen molar-refractivity contribution in [1.82, 2.24) is 0 Å². The quantitative estimate of drug-likeness (QED) is 0.798. The van der Waals surface area contributed by atoms with Crippen molar-refractivity contribution >= 4 is 11.8 Å². The standard InChI is InChI=1S/C18H18O5/c1-3-15-16(11(2)19)8-14(20)9-17(15)23-10-12-5-4-6-13(7-12)18(21)22/h4-9,20H,3,10H2,1-2H3,(H,21,22). The number of carbonyl (C=O) groups is 2. The predicted molar refractivity (Wildman–Crippen MR) is 85.2 cm³/mol. The van der Waals surface area contributed by atoms with E-state index >= 15 is 0 Å². The maximum atomic E-state index is 11.7. The molecule has 0 fully saturated rings. The van der Waals surface area contributed by atoms with Gasteiger partial charge in [0.2, 0.25) is 0 Å². The molecule has 5 nitrogen and oxygen atoms in total. The van der Waals surface area contributed by atoms with E-state index in [0.717, 1.165) is 5.56 Å². The predicted octanol–water partition coefficient (Wildman–Crippen LogP) is 3.43. The highest BCUT2D eigenvalue weighted by atomic mass is 16.5. The molecule has 0 aliphatic rings. The Morgan fingerprint density at radius 3 is 2.52 bits per heavy atom. The van der Waals surface area contributed by atoms with Crippen LogP contribution in [0, 0.1) is 0 Å². The Bertz CT molecular complexity index is 749. The van der Waals surface area contributed by atoms with Crippen molar-refractivity contribution in [2.45, 2.75) is 26.9 Å². The molecule has 23 heavy (non-hydrogen) atoms. The summed E-state index contributed by atoms with van der Waals surface area (Å²) in [4.78, 5) is 22.7. The number of Topliss-reactive ketones (excluding diaryl/α,β-unsaturated/α-hetero) is 1. The summed E-state index contributed by atoms with van der Waals surface area (Å²) < 4.78 is 5.72. The molecule has 0 bridgehead atoms. The molecule has 0 saturated carbocycles. The Balaban J connectivity index is 2.28. The molecule has 5 heteroatoms. The number of rotatable bonds is 6. The minimum absolute atomic E-state index is 0.0401. The second-order valence-electron chi connectivity index (χ2n) is 5.17. The minimum atomic E-state index is -1.00. The first kappa shape index (κ1) is 16.5. The second kappa shape index (κ2) is 6.96. The van der Waals surface area contributed by atoms with Crippen LogP contribution in [0.4, 0.5) is 0 Å². The monoisotopic (exact) mass is 314 g/mol. The van der Waals surface area contributed by atoms with Crippen LogP contribution in [0.15, 0.2) is 36.4 Å². The van der Waals surface area contributed by atoms with E-state index in [9.17, 15) is 14.7 Å². The van der Waals surface area contributed by atoms with E-state index in [-0.39, 0.29) is 23.7 Å². The van der Waals surface area contributed by atoms with Gasteiger partial charge in [-0.3, -0.25) is 4.79 Å². The molecule has 0 amide bonds. The lowest BCUT2D eigenvalue weighted by molar-refractivity contribution is 0.0696. The molecule has 0 atom stereocenters. The zero-order valence-corrected chi connectivity index (χ0v) is 13.0. The molecule has 120 valence electrons. The van der Waals surface area contributed by atoms with E-state index in [2.05, 4.69) is 0 Å². The molecular weight excluding hydrogens is 296 g/mol. The number of phenolic OH excluding ortho intramolecular Hbond substituents is 1. The highest BCUT2D eigenvalue weighted by Crippen LogP contribution is 2.30. The number of aromatic hydroxyl groups is 1. The zero-order chi connectivity index (χ0) is 17.0. The lowest BCUT2D eigenvalue weighted by Gasteiger charge is -2.14. The van der Waals surface area contributed by atoms with Crippen LogP contribution in [0.2, 0.25) is 0 Å². The number of aromatic carboxylic acids is 1. The first-order chi connectivity index (χ1) is 10.9. The fourth-order valence-electron chi connectivity index (χ4n) is 2.39. The summed E-state index contributed by atoms with van der Waals surface area (Å²) in [5, 5.41) is 18.8. The summed E-state index contributed by atoms with van der Waals surface area (Å²) in [6, 6.07) is 9.33. The van der Waals surface area contributed by atoms with Gasteiger partial charge in [0.15, 0.2) is 5.78 Å². The van der Waals surface area contributed by atoms with Gasteiger partial charge in [0, 0.05) is 17.2 Å². The number of carboxylic acids is 1. The molecule has 0 unspecified atom stereocenters. The van der Waals surface area contributed by atoms with Crippen LogP contribution in [-0.2, 0) is 13.0 Å². The van der Waals surface area contributed by atoms with E-state index in [1.165, 1.54) is 31.2 Å². The van der Waals surface area contributed by atoms with Gasteiger partial charge in [-0.05, 0) is 37.1 Å².